The largest absolute Gasteiger partial charge is 0.358 e. The first-order valence-corrected chi connectivity index (χ1v) is 8.70. The number of hydrogen-bond acceptors (Lipinski definition) is 4. The van der Waals surface area contributed by atoms with Crippen LogP contribution in [0.4, 0.5) is 5.13 Å². The molecule has 0 aliphatic carbocycles. The maximum absolute atomic E-state index is 12.5. The zero-order valence-electron chi connectivity index (χ0n) is 13.1. The monoisotopic (exact) mass is 369 g/mol. The van der Waals surface area contributed by atoms with E-state index in [4.69, 9.17) is 11.6 Å². The van der Waals surface area contributed by atoms with Crippen molar-refractivity contribution in [3.63, 3.8) is 0 Å². The molecule has 0 unspecified atom stereocenters. The number of nitrogens with one attached hydrogen (secondary N) is 2. The third-order valence-corrected chi connectivity index (χ3v) is 4.97. The predicted octanol–water partition coefficient (Wildman–Crippen LogP) is 4.35. The molecule has 0 aliphatic rings. The quantitative estimate of drug-likeness (QED) is 0.551. The highest BCUT2D eigenvalue weighted by Gasteiger charge is 2.12. The van der Waals surface area contributed by atoms with E-state index in [-0.39, 0.29) is 11.3 Å². The summed E-state index contributed by atoms with van der Waals surface area (Å²) in [5.41, 5.74) is 2.55. The molecule has 5 nitrogen and oxygen atoms in total. The molecule has 0 bridgehead atoms. The van der Waals surface area contributed by atoms with E-state index < -0.39 is 0 Å². The Morgan fingerprint density at radius 2 is 2.04 bits per heavy atom. The van der Waals surface area contributed by atoms with Crippen molar-refractivity contribution in [2.24, 2.45) is 0 Å². The van der Waals surface area contributed by atoms with Gasteiger partial charge in [0, 0.05) is 33.2 Å². The molecule has 0 radical (unpaired) electrons. The summed E-state index contributed by atoms with van der Waals surface area (Å²) in [6.07, 6.45) is 0. The second-order valence-electron chi connectivity index (χ2n) is 5.66. The van der Waals surface area contributed by atoms with Gasteiger partial charge in [0.1, 0.15) is 0 Å². The van der Waals surface area contributed by atoms with Gasteiger partial charge in [-0.05, 0) is 43.3 Å². The number of aromatic amines is 1. The number of carbonyl (C=O) groups excluding carboxylic acids is 1. The van der Waals surface area contributed by atoms with E-state index in [9.17, 15) is 9.59 Å². The average molecular weight is 370 g/mol. The molecule has 0 fully saturated rings. The Hall–Kier alpha value is -2.70. The standard InChI is InChI=1S/C18H12ClN3O2S/c1-9-6-15(23)12-7-10(2-4-13(12)20-9)17(24)22-18-21-14-5-3-11(19)8-16(14)25-18/h2-8H,1H3,(H,20,23)(H,21,22,24). The predicted molar refractivity (Wildman–Crippen MR) is 102 cm³/mol. The Morgan fingerprint density at radius 3 is 2.88 bits per heavy atom. The lowest BCUT2D eigenvalue weighted by Gasteiger charge is -2.04. The smallest absolute Gasteiger partial charge is 0.257 e. The Morgan fingerprint density at radius 1 is 1.20 bits per heavy atom. The van der Waals surface area contributed by atoms with Crippen molar-refractivity contribution in [3.8, 4) is 0 Å². The van der Waals surface area contributed by atoms with Crippen LogP contribution in [-0.4, -0.2) is 15.9 Å². The van der Waals surface area contributed by atoms with E-state index >= 15 is 0 Å². The van der Waals surface area contributed by atoms with Crippen LogP contribution in [0.2, 0.25) is 5.02 Å². The lowest BCUT2D eigenvalue weighted by Crippen LogP contribution is -2.12. The first kappa shape index (κ1) is 15.8. The third kappa shape index (κ3) is 3.01. The van der Waals surface area contributed by atoms with E-state index in [0.29, 0.717) is 26.6 Å². The number of H-pyrrole nitrogens is 1. The van der Waals surface area contributed by atoms with Gasteiger partial charge in [0.05, 0.1) is 10.2 Å². The molecule has 124 valence electrons. The first-order chi connectivity index (χ1) is 12.0. The molecule has 2 aromatic heterocycles. The summed E-state index contributed by atoms with van der Waals surface area (Å²) in [4.78, 5) is 32.1. The van der Waals surface area contributed by atoms with Gasteiger partial charge in [-0.25, -0.2) is 4.98 Å². The van der Waals surface area contributed by atoms with Crippen molar-refractivity contribution in [3.05, 3.63) is 69.0 Å². The molecule has 1 amide bonds. The van der Waals surface area contributed by atoms with E-state index in [0.717, 1.165) is 15.9 Å². The molecule has 7 heteroatoms. The molecule has 2 aromatic carbocycles. The summed E-state index contributed by atoms with van der Waals surface area (Å²) in [7, 11) is 0. The first-order valence-electron chi connectivity index (χ1n) is 7.51. The maximum Gasteiger partial charge on any atom is 0.257 e. The van der Waals surface area contributed by atoms with Gasteiger partial charge < -0.3 is 4.98 Å². The van der Waals surface area contributed by atoms with Crippen molar-refractivity contribution < 1.29 is 4.79 Å². The molecule has 0 aliphatic heterocycles. The van der Waals surface area contributed by atoms with E-state index in [1.807, 2.05) is 19.1 Å². The minimum atomic E-state index is -0.313. The van der Waals surface area contributed by atoms with E-state index in [1.54, 1.807) is 24.3 Å². The number of rotatable bonds is 2. The number of fused-ring (bicyclic) bond motifs is 2. The minimum absolute atomic E-state index is 0.115. The van der Waals surface area contributed by atoms with Gasteiger partial charge in [0.15, 0.2) is 10.6 Å². The number of anilines is 1. The van der Waals surface area contributed by atoms with Crippen LogP contribution < -0.4 is 10.7 Å². The number of halogens is 1. The van der Waals surface area contributed by atoms with E-state index in [1.165, 1.54) is 17.4 Å². The third-order valence-electron chi connectivity index (χ3n) is 3.80. The van der Waals surface area contributed by atoms with Crippen LogP contribution in [0.3, 0.4) is 0 Å². The summed E-state index contributed by atoms with van der Waals surface area (Å²) in [6, 6.07) is 11.9. The Balaban J connectivity index is 1.68. The van der Waals surface area contributed by atoms with Crippen LogP contribution in [0.15, 0.2) is 47.3 Å². The number of nitrogens with zero attached hydrogens (tertiary/aromatic N) is 1. The lowest BCUT2D eigenvalue weighted by atomic mass is 10.1. The van der Waals surface area contributed by atoms with Gasteiger partial charge in [0.2, 0.25) is 0 Å². The number of benzene rings is 2. The van der Waals surface area contributed by atoms with Gasteiger partial charge in [-0.1, -0.05) is 22.9 Å². The highest BCUT2D eigenvalue weighted by Crippen LogP contribution is 2.28. The van der Waals surface area contributed by atoms with Crippen LogP contribution in [0.1, 0.15) is 16.1 Å². The van der Waals surface area contributed by atoms with Gasteiger partial charge >= 0.3 is 0 Å². The molecule has 0 atom stereocenters. The molecule has 4 rings (SSSR count). The summed E-state index contributed by atoms with van der Waals surface area (Å²) in [5.74, 6) is -0.313. The SMILES string of the molecule is Cc1cc(=O)c2cc(C(=O)Nc3nc4ccc(Cl)cc4s3)ccc2[nH]1. The Bertz CT molecular complexity index is 1200. The zero-order valence-corrected chi connectivity index (χ0v) is 14.7. The number of amides is 1. The fraction of sp³-hybridized carbons (Fsp3) is 0.0556. The Kier molecular flexibility index (Phi) is 3.78. The van der Waals surface area contributed by atoms with Gasteiger partial charge in [-0.2, -0.15) is 0 Å². The van der Waals surface area contributed by atoms with Crippen LogP contribution in [0, 0.1) is 6.92 Å². The van der Waals surface area contributed by atoms with E-state index in [2.05, 4.69) is 15.3 Å². The van der Waals surface area contributed by atoms with Gasteiger partial charge in [0.25, 0.3) is 5.91 Å². The Labute approximate surface area is 151 Å². The van der Waals surface area contributed by atoms with Gasteiger partial charge in [-0.15, -0.1) is 0 Å². The number of thiazole rings is 1. The van der Waals surface area contributed by atoms with Crippen molar-refractivity contribution >= 4 is 55.1 Å². The lowest BCUT2D eigenvalue weighted by molar-refractivity contribution is 0.102. The highest BCUT2D eigenvalue weighted by atomic mass is 35.5. The second-order valence-corrected chi connectivity index (χ2v) is 7.13. The maximum atomic E-state index is 12.5. The summed E-state index contributed by atoms with van der Waals surface area (Å²) in [5, 5.41) is 4.37. The number of carbonyl (C=O) groups is 1. The van der Waals surface area contributed by atoms with Crippen LogP contribution in [0.25, 0.3) is 21.1 Å². The van der Waals surface area contributed by atoms with Crippen molar-refractivity contribution in [1.29, 1.82) is 0 Å². The normalized spacial score (nSPS) is 11.1. The number of hydrogen-bond donors (Lipinski definition) is 2. The van der Waals surface area contributed by atoms with Crippen LogP contribution in [-0.2, 0) is 0 Å². The molecule has 2 N–H and O–H groups in total. The molecular formula is C18H12ClN3O2S. The number of pyridine rings is 1. The molecule has 4 aromatic rings. The van der Waals surface area contributed by atoms with Gasteiger partial charge in [-0.3, -0.25) is 14.9 Å². The average Bonchev–Trinajstić information content (AvgIpc) is 2.95. The molecule has 0 saturated carbocycles. The van der Waals surface area contributed by atoms with Crippen molar-refractivity contribution in [2.75, 3.05) is 5.32 Å². The molecule has 2 heterocycles. The molecule has 25 heavy (non-hydrogen) atoms. The minimum Gasteiger partial charge on any atom is -0.358 e. The fourth-order valence-electron chi connectivity index (χ4n) is 2.64. The molecular weight excluding hydrogens is 358 g/mol. The summed E-state index contributed by atoms with van der Waals surface area (Å²) in [6.45, 7) is 1.82. The van der Waals surface area contributed by atoms with Crippen molar-refractivity contribution in [1.82, 2.24) is 9.97 Å². The zero-order chi connectivity index (χ0) is 17.6. The topological polar surface area (TPSA) is 74.8 Å². The van der Waals surface area contributed by atoms with Crippen molar-refractivity contribution in [2.45, 2.75) is 6.92 Å². The number of aromatic nitrogens is 2. The molecule has 0 saturated heterocycles. The number of aryl methyl sites for hydroxylation is 1. The summed E-state index contributed by atoms with van der Waals surface area (Å²) < 4.78 is 0.897. The highest BCUT2D eigenvalue weighted by molar-refractivity contribution is 7.22. The van der Waals surface area contributed by atoms with Crippen LogP contribution in [0.5, 0.6) is 0 Å². The van der Waals surface area contributed by atoms with Crippen LogP contribution >= 0.6 is 22.9 Å². The fourth-order valence-corrected chi connectivity index (χ4v) is 3.78. The summed E-state index contributed by atoms with van der Waals surface area (Å²) >= 11 is 7.32. The molecule has 0 spiro atoms. The second kappa shape index (κ2) is 5.98.